The van der Waals surface area contributed by atoms with Gasteiger partial charge in [0.05, 0.1) is 13.2 Å². The number of carbonyl (C=O) groups excluding carboxylic acids is 1. The lowest BCUT2D eigenvalue weighted by Gasteiger charge is -2.22. The fourth-order valence-electron chi connectivity index (χ4n) is 1.69. The van der Waals surface area contributed by atoms with E-state index in [2.05, 4.69) is 10.6 Å². The van der Waals surface area contributed by atoms with Crippen LogP contribution in [-0.2, 0) is 9.53 Å². The van der Waals surface area contributed by atoms with Crippen LogP contribution in [0.3, 0.4) is 0 Å². The number of rotatable bonds is 5. The molecule has 82 valence electrons. The zero-order valence-corrected chi connectivity index (χ0v) is 8.84. The Balaban J connectivity index is 1.99. The van der Waals surface area contributed by atoms with Gasteiger partial charge in [-0.1, -0.05) is 0 Å². The highest BCUT2D eigenvalue weighted by Crippen LogP contribution is 2.07. The highest BCUT2D eigenvalue weighted by Gasteiger charge is 2.12. The Bertz CT molecular complexity index is 168. The Morgan fingerprint density at radius 1 is 1.64 bits per heavy atom. The molecule has 4 nitrogen and oxygen atoms in total. The Hall–Kier alpha value is -0.610. The van der Waals surface area contributed by atoms with Gasteiger partial charge < -0.3 is 15.4 Å². The van der Waals surface area contributed by atoms with Crippen LogP contribution in [0.25, 0.3) is 0 Å². The van der Waals surface area contributed by atoms with Crippen molar-refractivity contribution in [2.45, 2.75) is 19.8 Å². The number of ether oxygens (including phenoxy) is 1. The minimum Gasteiger partial charge on any atom is -0.465 e. The lowest BCUT2D eigenvalue weighted by molar-refractivity contribution is -0.142. The van der Waals surface area contributed by atoms with Crippen molar-refractivity contribution in [3.05, 3.63) is 0 Å². The lowest BCUT2D eigenvalue weighted by Crippen LogP contribution is -2.37. The van der Waals surface area contributed by atoms with E-state index in [9.17, 15) is 4.79 Å². The first-order chi connectivity index (χ1) is 6.83. The number of hydrogen-bond donors (Lipinski definition) is 2. The van der Waals surface area contributed by atoms with Gasteiger partial charge in [-0.15, -0.1) is 0 Å². The van der Waals surface area contributed by atoms with Crippen molar-refractivity contribution in [1.29, 1.82) is 0 Å². The predicted molar refractivity (Wildman–Crippen MR) is 55.1 cm³/mol. The summed E-state index contributed by atoms with van der Waals surface area (Å²) in [6.07, 6.45) is 2.49. The van der Waals surface area contributed by atoms with E-state index < -0.39 is 0 Å². The summed E-state index contributed by atoms with van der Waals surface area (Å²) in [6, 6.07) is 0. The molecule has 0 aliphatic carbocycles. The third-order valence-corrected chi connectivity index (χ3v) is 2.41. The molecule has 1 rings (SSSR count). The maximum Gasteiger partial charge on any atom is 0.319 e. The molecule has 4 heteroatoms. The van der Waals surface area contributed by atoms with Crippen LogP contribution in [0.4, 0.5) is 0 Å². The molecule has 0 amide bonds. The number of nitrogens with one attached hydrogen (secondary N) is 2. The smallest absolute Gasteiger partial charge is 0.319 e. The van der Waals surface area contributed by atoms with Gasteiger partial charge in [0, 0.05) is 0 Å². The van der Waals surface area contributed by atoms with Crippen molar-refractivity contribution in [3.8, 4) is 0 Å². The van der Waals surface area contributed by atoms with E-state index in [1.54, 1.807) is 0 Å². The first-order valence-electron chi connectivity index (χ1n) is 5.40. The van der Waals surface area contributed by atoms with Crippen LogP contribution in [0.2, 0.25) is 0 Å². The molecule has 1 atom stereocenters. The molecule has 2 N–H and O–H groups in total. The predicted octanol–water partition coefficient (Wildman–Crippen LogP) is 0.139. The molecule has 14 heavy (non-hydrogen) atoms. The third-order valence-electron chi connectivity index (χ3n) is 2.41. The van der Waals surface area contributed by atoms with Gasteiger partial charge in [0.2, 0.25) is 0 Å². The highest BCUT2D eigenvalue weighted by molar-refractivity contribution is 5.71. The van der Waals surface area contributed by atoms with Crippen molar-refractivity contribution >= 4 is 5.97 Å². The summed E-state index contributed by atoms with van der Waals surface area (Å²) in [7, 11) is 0. The minimum atomic E-state index is -0.156. The molecule has 1 saturated heterocycles. The summed E-state index contributed by atoms with van der Waals surface area (Å²) >= 11 is 0. The van der Waals surface area contributed by atoms with Crippen LogP contribution in [0.5, 0.6) is 0 Å². The second kappa shape index (κ2) is 6.79. The highest BCUT2D eigenvalue weighted by atomic mass is 16.5. The summed E-state index contributed by atoms with van der Waals surface area (Å²) < 4.78 is 4.81. The first kappa shape index (κ1) is 11.5. The third kappa shape index (κ3) is 4.58. The summed E-state index contributed by atoms with van der Waals surface area (Å²) in [4.78, 5) is 11.0. The van der Waals surface area contributed by atoms with Crippen LogP contribution >= 0.6 is 0 Å². The van der Waals surface area contributed by atoms with Gasteiger partial charge >= 0.3 is 5.97 Å². The van der Waals surface area contributed by atoms with Crippen LogP contribution in [0, 0.1) is 5.92 Å². The second-order valence-corrected chi connectivity index (χ2v) is 3.65. The average Bonchev–Trinajstić information content (AvgIpc) is 2.20. The van der Waals surface area contributed by atoms with E-state index in [0.29, 0.717) is 19.1 Å². The van der Waals surface area contributed by atoms with Crippen molar-refractivity contribution in [2.24, 2.45) is 5.92 Å². The Kier molecular flexibility index (Phi) is 5.56. The molecule has 0 bridgehead atoms. The fraction of sp³-hybridized carbons (Fsp3) is 0.900. The first-order valence-corrected chi connectivity index (χ1v) is 5.40. The fourth-order valence-corrected chi connectivity index (χ4v) is 1.69. The van der Waals surface area contributed by atoms with E-state index in [4.69, 9.17) is 4.74 Å². The van der Waals surface area contributed by atoms with E-state index in [-0.39, 0.29) is 5.97 Å². The van der Waals surface area contributed by atoms with Crippen LogP contribution in [0.1, 0.15) is 19.8 Å². The second-order valence-electron chi connectivity index (χ2n) is 3.65. The van der Waals surface area contributed by atoms with Crippen LogP contribution in [0.15, 0.2) is 0 Å². The maximum absolute atomic E-state index is 11.0. The summed E-state index contributed by atoms with van der Waals surface area (Å²) in [5.74, 6) is 0.509. The molecule has 0 aromatic rings. The average molecular weight is 200 g/mol. The molecule has 0 aromatic carbocycles. The standard InChI is InChI=1S/C10H20N2O2/c1-2-14-10(13)8-12-7-9-4-3-5-11-6-9/h9,11-12H,2-8H2,1H3. The molecule has 1 heterocycles. The Morgan fingerprint density at radius 3 is 3.14 bits per heavy atom. The zero-order chi connectivity index (χ0) is 10.2. The van der Waals surface area contributed by atoms with Gasteiger partial charge in [0.15, 0.2) is 0 Å². The van der Waals surface area contributed by atoms with Gasteiger partial charge in [0.1, 0.15) is 0 Å². The normalized spacial score (nSPS) is 21.9. The van der Waals surface area contributed by atoms with Crippen molar-refractivity contribution < 1.29 is 9.53 Å². The lowest BCUT2D eigenvalue weighted by atomic mass is 10.00. The monoisotopic (exact) mass is 200 g/mol. The topological polar surface area (TPSA) is 50.4 Å². The Morgan fingerprint density at radius 2 is 2.50 bits per heavy atom. The molecule has 0 spiro atoms. The number of carbonyl (C=O) groups is 1. The summed E-state index contributed by atoms with van der Waals surface area (Å²) in [5.41, 5.74) is 0. The molecule has 0 radical (unpaired) electrons. The SMILES string of the molecule is CCOC(=O)CNCC1CCCNC1. The van der Waals surface area contributed by atoms with Gasteiger partial charge in [-0.05, 0) is 45.3 Å². The molecule has 1 unspecified atom stereocenters. The molecule has 1 aliphatic rings. The van der Waals surface area contributed by atoms with E-state index in [0.717, 1.165) is 19.6 Å². The van der Waals surface area contributed by atoms with E-state index in [1.807, 2.05) is 6.92 Å². The molecular formula is C10H20N2O2. The number of esters is 1. The summed E-state index contributed by atoms with van der Waals surface area (Å²) in [6.45, 7) is 5.73. The number of piperidine rings is 1. The largest absolute Gasteiger partial charge is 0.465 e. The molecule has 1 aliphatic heterocycles. The molecule has 0 aromatic heterocycles. The quantitative estimate of drug-likeness (QED) is 0.620. The van der Waals surface area contributed by atoms with Crippen LogP contribution in [-0.4, -0.2) is 38.8 Å². The molecule has 0 saturated carbocycles. The van der Waals surface area contributed by atoms with Crippen molar-refractivity contribution in [3.63, 3.8) is 0 Å². The van der Waals surface area contributed by atoms with Crippen molar-refractivity contribution in [2.75, 3.05) is 32.8 Å². The number of hydrogen-bond acceptors (Lipinski definition) is 4. The summed E-state index contributed by atoms with van der Waals surface area (Å²) in [5, 5.41) is 6.47. The molecular weight excluding hydrogens is 180 g/mol. The van der Waals surface area contributed by atoms with Crippen molar-refractivity contribution in [1.82, 2.24) is 10.6 Å². The maximum atomic E-state index is 11.0. The van der Waals surface area contributed by atoms with Crippen LogP contribution < -0.4 is 10.6 Å². The van der Waals surface area contributed by atoms with Gasteiger partial charge in [-0.25, -0.2) is 0 Å². The van der Waals surface area contributed by atoms with E-state index >= 15 is 0 Å². The minimum absolute atomic E-state index is 0.156. The Labute approximate surface area is 85.4 Å². The van der Waals surface area contributed by atoms with Gasteiger partial charge in [-0.2, -0.15) is 0 Å². The zero-order valence-electron chi connectivity index (χ0n) is 8.84. The van der Waals surface area contributed by atoms with Gasteiger partial charge in [-0.3, -0.25) is 4.79 Å². The van der Waals surface area contributed by atoms with Gasteiger partial charge in [0.25, 0.3) is 0 Å². The van der Waals surface area contributed by atoms with E-state index in [1.165, 1.54) is 12.8 Å². The molecule has 1 fully saturated rings.